The first kappa shape index (κ1) is 14.5. The number of carbonyl (C=O) groups is 1. The van der Waals surface area contributed by atoms with Crippen LogP contribution in [0.4, 0.5) is 0 Å². The molecule has 1 aliphatic heterocycles. The van der Waals surface area contributed by atoms with Gasteiger partial charge >= 0.3 is 0 Å². The van der Waals surface area contributed by atoms with Gasteiger partial charge in [-0.05, 0) is 31.6 Å². The third kappa shape index (κ3) is 4.64. The first-order valence-electron chi connectivity index (χ1n) is 6.41. The van der Waals surface area contributed by atoms with Crippen LogP contribution in [0.15, 0.2) is 0 Å². The highest BCUT2D eigenvalue weighted by molar-refractivity contribution is 5.85. The van der Waals surface area contributed by atoms with Crippen molar-refractivity contribution in [1.82, 2.24) is 5.32 Å². The largest absolute Gasteiger partial charge is 0.365 e. The molecule has 100 valence electrons. The van der Waals surface area contributed by atoms with Gasteiger partial charge in [-0.2, -0.15) is 0 Å². The molecule has 1 rings (SSSR count). The normalized spacial score (nSPS) is 26.9. The molecule has 4 heteroatoms. The molecule has 1 heterocycles. The minimum atomic E-state index is -0.637. The quantitative estimate of drug-likeness (QED) is 0.784. The van der Waals surface area contributed by atoms with Gasteiger partial charge in [0.25, 0.3) is 5.91 Å². The van der Waals surface area contributed by atoms with E-state index in [1.807, 2.05) is 6.92 Å². The lowest BCUT2D eigenvalue weighted by atomic mass is 9.88. The van der Waals surface area contributed by atoms with Gasteiger partial charge in [-0.25, -0.2) is 0 Å². The Labute approximate surface area is 104 Å². The van der Waals surface area contributed by atoms with Crippen LogP contribution >= 0.6 is 0 Å². The Bertz CT molecular complexity index is 265. The van der Waals surface area contributed by atoms with E-state index >= 15 is 0 Å². The molecule has 0 aromatic carbocycles. The van der Waals surface area contributed by atoms with Crippen LogP contribution in [0.3, 0.4) is 0 Å². The Morgan fingerprint density at radius 1 is 1.53 bits per heavy atom. The van der Waals surface area contributed by atoms with Gasteiger partial charge in [-0.1, -0.05) is 20.8 Å². The minimum Gasteiger partial charge on any atom is -0.365 e. The van der Waals surface area contributed by atoms with Gasteiger partial charge < -0.3 is 15.8 Å². The van der Waals surface area contributed by atoms with Crippen molar-refractivity contribution >= 4 is 5.91 Å². The summed E-state index contributed by atoms with van der Waals surface area (Å²) in [5.41, 5.74) is 5.55. The number of amides is 1. The minimum absolute atomic E-state index is 0.00366. The highest BCUT2D eigenvalue weighted by Crippen LogP contribution is 2.25. The van der Waals surface area contributed by atoms with Crippen molar-refractivity contribution in [2.24, 2.45) is 11.1 Å². The second-order valence-electron chi connectivity index (χ2n) is 6.42. The molecule has 1 saturated heterocycles. The summed E-state index contributed by atoms with van der Waals surface area (Å²) in [6.07, 6.45) is 2.65. The summed E-state index contributed by atoms with van der Waals surface area (Å²) < 4.78 is 5.48. The van der Waals surface area contributed by atoms with Crippen molar-refractivity contribution in [3.63, 3.8) is 0 Å². The number of ether oxygens (including phenoxy) is 1. The maximum Gasteiger partial charge on any atom is 0.252 e. The van der Waals surface area contributed by atoms with E-state index in [0.29, 0.717) is 13.2 Å². The molecule has 4 nitrogen and oxygen atoms in total. The van der Waals surface area contributed by atoms with Crippen molar-refractivity contribution in [2.45, 2.75) is 58.6 Å². The second-order valence-corrected chi connectivity index (χ2v) is 6.42. The van der Waals surface area contributed by atoms with Gasteiger partial charge in [0, 0.05) is 19.2 Å². The summed E-state index contributed by atoms with van der Waals surface area (Å²) >= 11 is 0. The molecular weight excluding hydrogens is 216 g/mol. The van der Waals surface area contributed by atoms with Crippen molar-refractivity contribution in [3.05, 3.63) is 0 Å². The summed E-state index contributed by atoms with van der Waals surface area (Å²) in [6, 6.07) is 0.00366. The Balaban J connectivity index is 2.33. The summed E-state index contributed by atoms with van der Waals surface area (Å²) in [7, 11) is 0. The van der Waals surface area contributed by atoms with Gasteiger partial charge in [0.05, 0.1) is 0 Å². The van der Waals surface area contributed by atoms with Crippen molar-refractivity contribution in [3.8, 4) is 0 Å². The second kappa shape index (κ2) is 5.36. The lowest BCUT2D eigenvalue weighted by Gasteiger charge is -2.26. The van der Waals surface area contributed by atoms with Gasteiger partial charge in [-0.3, -0.25) is 4.79 Å². The molecular formula is C13H26N2O2. The van der Waals surface area contributed by atoms with E-state index in [4.69, 9.17) is 10.5 Å². The fraction of sp³-hybridized carbons (Fsp3) is 0.923. The van der Waals surface area contributed by atoms with E-state index in [-0.39, 0.29) is 17.4 Å². The van der Waals surface area contributed by atoms with Gasteiger partial charge in [0.15, 0.2) is 0 Å². The van der Waals surface area contributed by atoms with Crippen molar-refractivity contribution in [1.29, 1.82) is 0 Å². The van der Waals surface area contributed by atoms with E-state index in [1.165, 1.54) is 0 Å². The molecule has 0 spiro atoms. The first-order chi connectivity index (χ1) is 7.73. The molecule has 2 unspecified atom stereocenters. The average molecular weight is 242 g/mol. The summed E-state index contributed by atoms with van der Waals surface area (Å²) in [5, 5.41) is 2.90. The van der Waals surface area contributed by atoms with Crippen LogP contribution in [0.5, 0.6) is 0 Å². The zero-order valence-corrected chi connectivity index (χ0v) is 11.5. The number of hydrogen-bond acceptors (Lipinski definition) is 3. The van der Waals surface area contributed by atoms with E-state index < -0.39 is 5.60 Å². The topological polar surface area (TPSA) is 64.3 Å². The molecule has 0 aromatic heterocycles. The maximum atomic E-state index is 11.9. The predicted molar refractivity (Wildman–Crippen MR) is 68.6 cm³/mol. The fourth-order valence-electron chi connectivity index (χ4n) is 2.23. The number of carbonyl (C=O) groups excluding carboxylic acids is 1. The van der Waals surface area contributed by atoms with E-state index in [1.54, 1.807) is 0 Å². The van der Waals surface area contributed by atoms with Gasteiger partial charge in [0.1, 0.15) is 5.60 Å². The van der Waals surface area contributed by atoms with Crippen LogP contribution in [0.1, 0.15) is 47.0 Å². The fourth-order valence-corrected chi connectivity index (χ4v) is 2.23. The van der Waals surface area contributed by atoms with Crippen LogP contribution in [-0.4, -0.2) is 30.7 Å². The molecule has 2 atom stereocenters. The molecule has 1 aliphatic rings. The molecule has 0 aromatic rings. The predicted octanol–water partition coefficient (Wildman–Crippen LogP) is 1.44. The van der Waals surface area contributed by atoms with Crippen molar-refractivity contribution in [2.75, 3.05) is 13.2 Å². The van der Waals surface area contributed by atoms with Gasteiger partial charge in [-0.15, -0.1) is 0 Å². The lowest BCUT2D eigenvalue weighted by Crippen LogP contribution is -2.48. The zero-order valence-electron chi connectivity index (χ0n) is 11.5. The number of nitrogens with two attached hydrogens (primary N) is 1. The van der Waals surface area contributed by atoms with Crippen LogP contribution in [0, 0.1) is 5.41 Å². The summed E-state index contributed by atoms with van der Waals surface area (Å²) in [5.74, 6) is -0.0284. The molecule has 3 N–H and O–H groups in total. The average Bonchev–Trinajstić information content (AvgIpc) is 2.60. The Morgan fingerprint density at radius 3 is 2.65 bits per heavy atom. The SMILES string of the molecule is CC(C)(C)CC(N)CNC(=O)C1(C)CCCO1. The van der Waals surface area contributed by atoms with E-state index in [0.717, 1.165) is 19.3 Å². The molecule has 0 saturated carbocycles. The highest BCUT2D eigenvalue weighted by atomic mass is 16.5. The molecule has 1 amide bonds. The smallest absolute Gasteiger partial charge is 0.252 e. The highest BCUT2D eigenvalue weighted by Gasteiger charge is 2.37. The monoisotopic (exact) mass is 242 g/mol. The summed E-state index contributed by atoms with van der Waals surface area (Å²) in [6.45, 7) is 9.50. The molecule has 0 bridgehead atoms. The third-order valence-corrected chi connectivity index (χ3v) is 3.10. The standard InChI is InChI=1S/C13H26N2O2/c1-12(2,3)8-10(14)9-15-11(16)13(4)6-5-7-17-13/h10H,5-9,14H2,1-4H3,(H,15,16). The Hall–Kier alpha value is -0.610. The first-order valence-corrected chi connectivity index (χ1v) is 6.41. The maximum absolute atomic E-state index is 11.9. The number of nitrogens with one attached hydrogen (secondary N) is 1. The van der Waals surface area contributed by atoms with Crippen LogP contribution in [-0.2, 0) is 9.53 Å². The third-order valence-electron chi connectivity index (χ3n) is 3.10. The van der Waals surface area contributed by atoms with E-state index in [9.17, 15) is 4.79 Å². The van der Waals surface area contributed by atoms with E-state index in [2.05, 4.69) is 26.1 Å². The van der Waals surface area contributed by atoms with Crippen LogP contribution in [0.2, 0.25) is 0 Å². The van der Waals surface area contributed by atoms with Crippen molar-refractivity contribution < 1.29 is 9.53 Å². The Morgan fingerprint density at radius 2 is 2.18 bits per heavy atom. The zero-order chi connectivity index (χ0) is 13.1. The number of rotatable bonds is 4. The molecule has 17 heavy (non-hydrogen) atoms. The lowest BCUT2D eigenvalue weighted by molar-refractivity contribution is -0.139. The van der Waals surface area contributed by atoms with Crippen LogP contribution < -0.4 is 11.1 Å². The number of hydrogen-bond donors (Lipinski definition) is 2. The van der Waals surface area contributed by atoms with Crippen LogP contribution in [0.25, 0.3) is 0 Å². The summed E-state index contributed by atoms with van der Waals surface area (Å²) in [4.78, 5) is 11.9. The molecule has 0 radical (unpaired) electrons. The molecule has 1 fully saturated rings. The Kier molecular flexibility index (Phi) is 4.55. The molecule has 0 aliphatic carbocycles. The van der Waals surface area contributed by atoms with Gasteiger partial charge in [0.2, 0.25) is 0 Å².